The van der Waals surface area contributed by atoms with E-state index in [1.807, 2.05) is 0 Å². The van der Waals surface area contributed by atoms with Crippen molar-refractivity contribution in [3.63, 3.8) is 0 Å². The van der Waals surface area contributed by atoms with Crippen LogP contribution in [0.2, 0.25) is 0 Å². The largest absolute Gasteiger partial charge is 0.424 e. The van der Waals surface area contributed by atoms with Gasteiger partial charge in [0.1, 0.15) is 11.7 Å². The quantitative estimate of drug-likeness (QED) is 0.257. The van der Waals surface area contributed by atoms with Crippen molar-refractivity contribution in [1.82, 2.24) is 0 Å². The Morgan fingerprint density at radius 2 is 0.923 bits per heavy atom. The molecule has 0 aliphatic carbocycles. The van der Waals surface area contributed by atoms with E-state index in [0.717, 1.165) is 6.07 Å². The van der Waals surface area contributed by atoms with Crippen molar-refractivity contribution >= 4 is 5.69 Å². The summed E-state index contributed by atoms with van der Waals surface area (Å²) >= 11 is 0. The highest BCUT2D eigenvalue weighted by molar-refractivity contribution is 5.57. The maximum Gasteiger partial charge on any atom is 0.424 e. The Bertz CT molecular complexity index is 1010. The zero-order chi connectivity index (χ0) is 31.2. The molecule has 0 aliphatic rings. The fourth-order valence-electron chi connectivity index (χ4n) is 2.99. The highest BCUT2D eigenvalue weighted by atomic mass is 19.4. The van der Waals surface area contributed by atoms with Crippen molar-refractivity contribution in [2.45, 2.75) is 42.6 Å². The van der Waals surface area contributed by atoms with Crippen LogP contribution >= 0.6 is 0 Å². The van der Waals surface area contributed by atoms with Gasteiger partial charge in [-0.25, -0.2) is 8.78 Å². The van der Waals surface area contributed by atoms with E-state index in [1.54, 1.807) is 0 Å². The van der Waals surface area contributed by atoms with Crippen molar-refractivity contribution < 1.29 is 87.8 Å². The standard InChI is InChI=1S/C18H7F20N/c19-8(10(13(21,22)23)14(24,25)26)7(9(20)11(15(27,28)29)16(30,31)32)12(17(33,34)35,18(36,37)38)39-6-4-2-1-3-5-6/h1-5,10,39H/b8-7-. The molecule has 0 heterocycles. The number of para-hydroxylation sites is 1. The fraction of sp³-hybridized carbons (Fsp3) is 0.444. The van der Waals surface area contributed by atoms with Crippen LogP contribution in [0.5, 0.6) is 0 Å². The van der Waals surface area contributed by atoms with Crippen molar-refractivity contribution in [1.29, 1.82) is 0 Å². The van der Waals surface area contributed by atoms with Crippen LogP contribution in [-0.2, 0) is 0 Å². The summed E-state index contributed by atoms with van der Waals surface area (Å²) in [5.41, 5.74) is -18.9. The third-order valence-corrected chi connectivity index (χ3v) is 4.48. The minimum atomic E-state index is -7.67. The maximum absolute atomic E-state index is 14.8. The van der Waals surface area contributed by atoms with Gasteiger partial charge in [0.05, 0.1) is 5.57 Å². The van der Waals surface area contributed by atoms with Crippen molar-refractivity contribution in [2.24, 2.45) is 5.92 Å². The summed E-state index contributed by atoms with van der Waals surface area (Å²) in [6.07, 6.45) is -44.9. The summed E-state index contributed by atoms with van der Waals surface area (Å²) in [5, 5.41) is 0.0584. The Morgan fingerprint density at radius 1 is 0.564 bits per heavy atom. The van der Waals surface area contributed by atoms with Crippen LogP contribution in [0.1, 0.15) is 0 Å². The van der Waals surface area contributed by atoms with Crippen LogP contribution in [-0.4, -0.2) is 42.6 Å². The van der Waals surface area contributed by atoms with Gasteiger partial charge in [0, 0.05) is 5.69 Å². The van der Waals surface area contributed by atoms with Crippen molar-refractivity contribution in [3.8, 4) is 0 Å². The van der Waals surface area contributed by atoms with E-state index in [4.69, 9.17) is 0 Å². The SMILES string of the molecule is FC(=C(C(F)(F)F)C(F)(F)F)/C(=C(/F)C(C(F)(F)F)C(F)(F)F)C(Nc1ccccc1)(C(F)(F)F)C(F)(F)F. The summed E-state index contributed by atoms with van der Waals surface area (Å²) in [6.45, 7) is 0. The lowest BCUT2D eigenvalue weighted by molar-refractivity contribution is -0.285. The van der Waals surface area contributed by atoms with E-state index >= 15 is 0 Å². The molecule has 0 saturated carbocycles. The van der Waals surface area contributed by atoms with Crippen LogP contribution in [0, 0.1) is 5.92 Å². The molecule has 39 heavy (non-hydrogen) atoms. The molecule has 0 spiro atoms. The van der Waals surface area contributed by atoms with Gasteiger partial charge in [-0.05, 0) is 12.1 Å². The second-order valence-electron chi connectivity index (χ2n) is 7.16. The molecule has 1 aromatic carbocycles. The zero-order valence-electron chi connectivity index (χ0n) is 17.5. The summed E-state index contributed by atoms with van der Waals surface area (Å²) in [6, 6.07) is 2.03. The van der Waals surface area contributed by atoms with E-state index in [1.165, 1.54) is 0 Å². The molecule has 0 aromatic heterocycles. The van der Waals surface area contributed by atoms with E-state index in [2.05, 4.69) is 0 Å². The summed E-state index contributed by atoms with van der Waals surface area (Å²) < 4.78 is 269. The number of allylic oxidation sites excluding steroid dienone is 2. The van der Waals surface area contributed by atoms with Gasteiger partial charge in [-0.15, -0.1) is 0 Å². The molecular weight excluding hydrogens is 610 g/mol. The smallest absolute Gasteiger partial charge is 0.360 e. The predicted octanol–water partition coefficient (Wildman–Crippen LogP) is 9.27. The number of halogens is 20. The third kappa shape index (κ3) is 7.00. The van der Waals surface area contributed by atoms with Gasteiger partial charge in [-0.2, -0.15) is 79.0 Å². The van der Waals surface area contributed by atoms with Gasteiger partial charge in [-0.3, -0.25) is 0 Å². The van der Waals surface area contributed by atoms with Gasteiger partial charge < -0.3 is 5.32 Å². The molecule has 21 heteroatoms. The summed E-state index contributed by atoms with van der Waals surface area (Å²) in [7, 11) is 0. The van der Waals surface area contributed by atoms with Gasteiger partial charge in [-0.1, -0.05) is 18.2 Å². The molecule has 0 aliphatic heterocycles. The molecule has 0 fully saturated rings. The van der Waals surface area contributed by atoms with E-state index in [9.17, 15) is 87.8 Å². The average Bonchev–Trinajstić information content (AvgIpc) is 2.61. The van der Waals surface area contributed by atoms with Gasteiger partial charge in [0.25, 0.3) is 5.54 Å². The Hall–Kier alpha value is -2.90. The molecule has 0 bridgehead atoms. The van der Waals surface area contributed by atoms with E-state index in [-0.39, 0.29) is 17.4 Å². The molecule has 1 aromatic rings. The molecule has 224 valence electrons. The first-order chi connectivity index (χ1) is 17.0. The van der Waals surface area contributed by atoms with Gasteiger partial charge >= 0.3 is 37.1 Å². The highest BCUT2D eigenvalue weighted by Crippen LogP contribution is 2.58. The number of benzene rings is 1. The fourth-order valence-corrected chi connectivity index (χ4v) is 2.99. The van der Waals surface area contributed by atoms with Gasteiger partial charge in [0.15, 0.2) is 5.57 Å². The number of rotatable bonds is 5. The lowest BCUT2D eigenvalue weighted by Gasteiger charge is -2.41. The monoisotopic (exact) mass is 617 g/mol. The number of nitrogens with one attached hydrogen (secondary N) is 1. The first kappa shape index (κ1) is 34.1. The van der Waals surface area contributed by atoms with Crippen molar-refractivity contribution in [3.05, 3.63) is 53.1 Å². The van der Waals surface area contributed by atoms with Crippen LogP contribution in [0.15, 0.2) is 53.1 Å². The molecular formula is C18H7F20N. The van der Waals surface area contributed by atoms with Crippen LogP contribution in [0.25, 0.3) is 0 Å². The average molecular weight is 617 g/mol. The molecule has 1 N–H and O–H groups in total. The van der Waals surface area contributed by atoms with Crippen molar-refractivity contribution in [2.75, 3.05) is 5.32 Å². The number of anilines is 1. The lowest BCUT2D eigenvalue weighted by atomic mass is 9.81. The molecule has 0 unspecified atom stereocenters. The molecule has 0 radical (unpaired) electrons. The Kier molecular flexibility index (Phi) is 8.97. The van der Waals surface area contributed by atoms with Crippen LogP contribution in [0.3, 0.4) is 0 Å². The second-order valence-corrected chi connectivity index (χ2v) is 7.16. The molecule has 0 atom stereocenters. The van der Waals surface area contributed by atoms with Crippen LogP contribution in [0.4, 0.5) is 93.5 Å². The minimum Gasteiger partial charge on any atom is -0.360 e. The molecule has 1 rings (SSSR count). The molecule has 1 nitrogen and oxygen atoms in total. The maximum atomic E-state index is 14.8. The Morgan fingerprint density at radius 3 is 1.21 bits per heavy atom. The summed E-state index contributed by atoms with van der Waals surface area (Å²) in [5.74, 6) is -16.4. The van der Waals surface area contributed by atoms with E-state index < -0.39 is 77.0 Å². The third-order valence-electron chi connectivity index (χ3n) is 4.48. The normalized spacial score (nSPS) is 15.3. The number of alkyl halides is 18. The Labute approximate surface area is 201 Å². The number of hydrogen-bond acceptors (Lipinski definition) is 1. The molecule has 0 saturated heterocycles. The van der Waals surface area contributed by atoms with Crippen LogP contribution < -0.4 is 5.32 Å². The Balaban J connectivity index is 4.74. The second kappa shape index (κ2) is 10.3. The highest BCUT2D eigenvalue weighted by Gasteiger charge is 2.77. The zero-order valence-corrected chi connectivity index (χ0v) is 17.5. The first-order valence-electron chi connectivity index (χ1n) is 9.06. The van der Waals surface area contributed by atoms with E-state index in [0.29, 0.717) is 12.1 Å². The number of hydrogen-bond donors (Lipinski definition) is 1. The van der Waals surface area contributed by atoms with Gasteiger partial charge in [0.2, 0.25) is 5.92 Å². The first-order valence-corrected chi connectivity index (χ1v) is 9.06. The lowest BCUT2D eigenvalue weighted by Crippen LogP contribution is -2.64. The topological polar surface area (TPSA) is 12.0 Å². The molecule has 0 amide bonds. The predicted molar refractivity (Wildman–Crippen MR) is 88.9 cm³/mol. The minimum absolute atomic E-state index is 0.0584. The summed E-state index contributed by atoms with van der Waals surface area (Å²) in [4.78, 5) is 0.